The molecule has 124 valence electrons. The third-order valence-electron chi connectivity index (χ3n) is 5.63. The molecule has 0 saturated heterocycles. The van der Waals surface area contributed by atoms with Crippen LogP contribution in [-0.4, -0.2) is 31.3 Å². The predicted molar refractivity (Wildman–Crippen MR) is 88.6 cm³/mol. The zero-order chi connectivity index (χ0) is 15.6. The number of aromatic nitrogens is 5. The zero-order valence-corrected chi connectivity index (χ0v) is 13.6. The van der Waals surface area contributed by atoms with E-state index in [1.807, 2.05) is 10.9 Å². The lowest BCUT2D eigenvalue weighted by molar-refractivity contribution is 0.249. The molecule has 0 atom stereocenters. The Morgan fingerprint density at radius 3 is 2.52 bits per heavy atom. The monoisotopic (exact) mass is 314 g/mol. The normalized spacial score (nSPS) is 25.4. The fraction of sp³-hybridized carbons (Fsp3) is 0.706. The molecule has 23 heavy (non-hydrogen) atoms. The van der Waals surface area contributed by atoms with Crippen molar-refractivity contribution in [1.29, 1.82) is 0 Å². The van der Waals surface area contributed by atoms with Gasteiger partial charge in [0, 0.05) is 18.3 Å². The molecule has 0 amide bonds. The molecular weight excluding hydrogens is 288 g/mol. The van der Waals surface area contributed by atoms with E-state index in [4.69, 9.17) is 5.73 Å². The van der Waals surface area contributed by atoms with Gasteiger partial charge in [0.15, 0.2) is 0 Å². The second-order valence-electron chi connectivity index (χ2n) is 7.24. The first kappa shape index (κ1) is 14.9. The van der Waals surface area contributed by atoms with E-state index in [1.54, 1.807) is 0 Å². The highest BCUT2D eigenvalue weighted by Gasteiger charge is 2.22. The summed E-state index contributed by atoms with van der Waals surface area (Å²) in [4.78, 5) is 0. The summed E-state index contributed by atoms with van der Waals surface area (Å²) in [5.74, 6) is 1.44. The van der Waals surface area contributed by atoms with Crippen molar-refractivity contribution in [3.63, 3.8) is 0 Å². The fourth-order valence-electron chi connectivity index (χ4n) is 3.76. The molecule has 0 spiro atoms. The molecule has 2 aliphatic rings. The van der Waals surface area contributed by atoms with Crippen molar-refractivity contribution in [2.24, 2.45) is 17.6 Å². The fourth-order valence-corrected chi connectivity index (χ4v) is 3.76. The van der Waals surface area contributed by atoms with E-state index >= 15 is 0 Å². The smallest absolute Gasteiger partial charge is 0.116 e. The minimum absolute atomic E-state index is 0.594. The number of nitrogens with two attached hydrogens (primary N) is 1. The van der Waals surface area contributed by atoms with Gasteiger partial charge >= 0.3 is 0 Å². The lowest BCUT2D eigenvalue weighted by Gasteiger charge is -2.27. The molecule has 4 rings (SSSR count). The van der Waals surface area contributed by atoms with Gasteiger partial charge < -0.3 is 5.73 Å². The third-order valence-corrected chi connectivity index (χ3v) is 5.63. The SMILES string of the molecule is NCC1CCC(Cn2cc(-c3cnn(C4CCC4)c3)nn2)CC1. The Morgan fingerprint density at radius 1 is 1.04 bits per heavy atom. The van der Waals surface area contributed by atoms with Crippen LogP contribution in [0.2, 0.25) is 0 Å². The summed E-state index contributed by atoms with van der Waals surface area (Å²) in [6, 6.07) is 0.594. The van der Waals surface area contributed by atoms with Crippen LogP contribution in [0.1, 0.15) is 51.0 Å². The number of hydrogen-bond acceptors (Lipinski definition) is 4. The van der Waals surface area contributed by atoms with Crippen LogP contribution in [0, 0.1) is 11.8 Å². The molecule has 0 radical (unpaired) electrons. The summed E-state index contributed by atoms with van der Waals surface area (Å²) in [6.07, 6.45) is 15.0. The Bertz CT molecular complexity index is 633. The highest BCUT2D eigenvalue weighted by molar-refractivity contribution is 5.55. The molecule has 2 aliphatic carbocycles. The minimum atomic E-state index is 0.594. The Balaban J connectivity index is 1.38. The summed E-state index contributed by atoms with van der Waals surface area (Å²) >= 11 is 0. The molecule has 2 aromatic rings. The van der Waals surface area contributed by atoms with Crippen LogP contribution in [0.15, 0.2) is 18.6 Å². The second kappa shape index (κ2) is 6.43. The molecule has 0 aliphatic heterocycles. The lowest BCUT2D eigenvalue weighted by atomic mass is 9.82. The van der Waals surface area contributed by atoms with Gasteiger partial charge in [-0.1, -0.05) is 5.21 Å². The maximum Gasteiger partial charge on any atom is 0.116 e. The topological polar surface area (TPSA) is 74.6 Å². The maximum absolute atomic E-state index is 5.77. The van der Waals surface area contributed by atoms with Crippen LogP contribution < -0.4 is 5.73 Å². The summed E-state index contributed by atoms with van der Waals surface area (Å²) in [5.41, 5.74) is 7.79. The van der Waals surface area contributed by atoms with Crippen molar-refractivity contribution in [1.82, 2.24) is 24.8 Å². The van der Waals surface area contributed by atoms with Crippen molar-refractivity contribution in [2.45, 2.75) is 57.5 Å². The molecular formula is C17H26N6. The average Bonchev–Trinajstić information content (AvgIpc) is 3.16. The van der Waals surface area contributed by atoms with Gasteiger partial charge in [-0.15, -0.1) is 5.10 Å². The van der Waals surface area contributed by atoms with Gasteiger partial charge in [0.2, 0.25) is 0 Å². The summed E-state index contributed by atoms with van der Waals surface area (Å²) in [7, 11) is 0. The van der Waals surface area contributed by atoms with Gasteiger partial charge in [-0.05, 0) is 63.3 Å². The van der Waals surface area contributed by atoms with E-state index in [0.717, 1.165) is 30.3 Å². The molecule has 2 saturated carbocycles. The van der Waals surface area contributed by atoms with E-state index in [1.165, 1.54) is 44.9 Å². The second-order valence-corrected chi connectivity index (χ2v) is 7.24. The summed E-state index contributed by atoms with van der Waals surface area (Å²) in [6.45, 7) is 1.81. The van der Waals surface area contributed by atoms with Crippen molar-refractivity contribution in [2.75, 3.05) is 6.54 Å². The number of rotatable bonds is 5. The van der Waals surface area contributed by atoms with Crippen molar-refractivity contribution in [3.8, 4) is 11.3 Å². The highest BCUT2D eigenvalue weighted by atomic mass is 15.4. The van der Waals surface area contributed by atoms with E-state index in [-0.39, 0.29) is 0 Å². The van der Waals surface area contributed by atoms with Crippen molar-refractivity contribution < 1.29 is 0 Å². The molecule has 2 heterocycles. The van der Waals surface area contributed by atoms with Crippen LogP contribution in [0.25, 0.3) is 11.3 Å². The largest absolute Gasteiger partial charge is 0.330 e. The first-order valence-electron chi connectivity index (χ1n) is 8.96. The zero-order valence-electron chi connectivity index (χ0n) is 13.6. The predicted octanol–water partition coefficient (Wildman–Crippen LogP) is 2.63. The first-order valence-corrected chi connectivity index (χ1v) is 8.96. The molecule has 2 fully saturated rings. The van der Waals surface area contributed by atoms with E-state index < -0.39 is 0 Å². The van der Waals surface area contributed by atoms with Crippen LogP contribution in [-0.2, 0) is 6.54 Å². The minimum Gasteiger partial charge on any atom is -0.330 e. The first-order chi connectivity index (χ1) is 11.3. The van der Waals surface area contributed by atoms with Crippen molar-refractivity contribution in [3.05, 3.63) is 18.6 Å². The van der Waals surface area contributed by atoms with Gasteiger partial charge in [0.05, 0.1) is 18.4 Å². The molecule has 6 heteroatoms. The van der Waals surface area contributed by atoms with E-state index in [0.29, 0.717) is 12.0 Å². The molecule has 2 aromatic heterocycles. The van der Waals surface area contributed by atoms with Gasteiger partial charge in [0.1, 0.15) is 5.69 Å². The van der Waals surface area contributed by atoms with Crippen LogP contribution >= 0.6 is 0 Å². The Morgan fingerprint density at radius 2 is 1.83 bits per heavy atom. The summed E-state index contributed by atoms with van der Waals surface area (Å²) < 4.78 is 4.09. The van der Waals surface area contributed by atoms with E-state index in [2.05, 4.69) is 32.5 Å². The quantitative estimate of drug-likeness (QED) is 0.920. The number of nitrogens with zero attached hydrogens (tertiary/aromatic N) is 5. The van der Waals surface area contributed by atoms with Crippen LogP contribution in [0.4, 0.5) is 0 Å². The van der Waals surface area contributed by atoms with E-state index in [9.17, 15) is 0 Å². The molecule has 0 bridgehead atoms. The Hall–Kier alpha value is -1.69. The lowest BCUT2D eigenvalue weighted by Crippen LogP contribution is -2.23. The Labute approximate surface area is 137 Å². The highest BCUT2D eigenvalue weighted by Crippen LogP contribution is 2.32. The third kappa shape index (κ3) is 3.17. The van der Waals surface area contributed by atoms with Crippen LogP contribution in [0.5, 0.6) is 0 Å². The molecule has 2 N–H and O–H groups in total. The van der Waals surface area contributed by atoms with Crippen LogP contribution in [0.3, 0.4) is 0 Å². The van der Waals surface area contributed by atoms with Gasteiger partial charge in [-0.3, -0.25) is 9.36 Å². The van der Waals surface area contributed by atoms with Gasteiger partial charge in [0.25, 0.3) is 0 Å². The average molecular weight is 314 g/mol. The number of hydrogen-bond donors (Lipinski definition) is 1. The van der Waals surface area contributed by atoms with Gasteiger partial charge in [-0.25, -0.2) is 0 Å². The molecule has 0 unspecified atom stereocenters. The standard InChI is InChI=1S/C17H26N6/c18-8-13-4-6-14(7-5-13)10-22-12-17(20-21-22)15-9-19-23(11-15)16-2-1-3-16/h9,11-14,16H,1-8,10,18H2. The molecule has 0 aromatic carbocycles. The molecule has 6 nitrogen and oxygen atoms in total. The summed E-state index contributed by atoms with van der Waals surface area (Å²) in [5, 5.41) is 13.1. The Kier molecular flexibility index (Phi) is 4.16. The maximum atomic E-state index is 5.77. The van der Waals surface area contributed by atoms with Gasteiger partial charge in [-0.2, -0.15) is 5.10 Å². The van der Waals surface area contributed by atoms with Crippen molar-refractivity contribution >= 4 is 0 Å².